The topological polar surface area (TPSA) is 49.6 Å². The largest absolute Gasteiger partial charge is 0.351 e. The van der Waals surface area contributed by atoms with Crippen LogP contribution in [-0.2, 0) is 6.42 Å². The Hall–Kier alpha value is -1.36. The summed E-state index contributed by atoms with van der Waals surface area (Å²) in [6, 6.07) is 2.37. The summed E-state index contributed by atoms with van der Waals surface area (Å²) in [4.78, 5) is 16.7. The lowest BCUT2D eigenvalue weighted by molar-refractivity contribution is 0.0716. The van der Waals surface area contributed by atoms with Gasteiger partial charge in [-0.2, -0.15) is 0 Å². The molecule has 1 aromatic rings. The molecule has 0 bridgehead atoms. The molecule has 1 aliphatic rings. The Kier molecular flexibility index (Phi) is 5.39. The molecule has 118 valence electrons. The van der Waals surface area contributed by atoms with Crippen LogP contribution in [0.15, 0.2) is 10.6 Å². The number of hydrogen-bond donors (Lipinski definition) is 0. The molecule has 21 heavy (non-hydrogen) atoms. The summed E-state index contributed by atoms with van der Waals surface area (Å²) >= 11 is 0. The number of likely N-dealkylation sites (tertiary alicyclic amines) is 1. The van der Waals surface area contributed by atoms with E-state index in [1.54, 1.807) is 6.07 Å². The van der Waals surface area contributed by atoms with Crippen molar-refractivity contribution >= 4 is 5.91 Å². The van der Waals surface area contributed by atoms with E-state index in [1.807, 2.05) is 4.90 Å². The van der Waals surface area contributed by atoms with Crippen LogP contribution in [-0.4, -0.2) is 54.1 Å². The third kappa shape index (κ3) is 4.30. The zero-order valence-electron chi connectivity index (χ0n) is 13.6. The first kappa shape index (κ1) is 16.0. The number of carbonyl (C=O) groups is 1. The number of amides is 1. The van der Waals surface area contributed by atoms with Crippen molar-refractivity contribution in [2.45, 2.75) is 45.6 Å². The van der Waals surface area contributed by atoms with Gasteiger partial charge in [0, 0.05) is 25.2 Å². The number of nitrogens with zero attached hydrogens (tertiary/aromatic N) is 3. The molecule has 0 aromatic carbocycles. The Morgan fingerprint density at radius 1 is 1.43 bits per heavy atom. The Labute approximate surface area is 127 Å². The Morgan fingerprint density at radius 2 is 2.19 bits per heavy atom. The van der Waals surface area contributed by atoms with E-state index in [2.05, 4.69) is 38.0 Å². The highest BCUT2D eigenvalue weighted by Crippen LogP contribution is 2.18. The zero-order chi connectivity index (χ0) is 15.4. The van der Waals surface area contributed by atoms with Gasteiger partial charge < -0.3 is 14.3 Å². The Balaban J connectivity index is 1.98. The molecule has 2 rings (SSSR count). The van der Waals surface area contributed by atoms with Gasteiger partial charge in [-0.3, -0.25) is 4.79 Å². The fourth-order valence-electron chi connectivity index (χ4n) is 2.88. The molecule has 5 heteroatoms. The van der Waals surface area contributed by atoms with Gasteiger partial charge in [-0.25, -0.2) is 0 Å². The maximum absolute atomic E-state index is 12.5. The van der Waals surface area contributed by atoms with Crippen molar-refractivity contribution in [1.29, 1.82) is 0 Å². The first-order chi connectivity index (χ1) is 9.97. The molecule has 0 radical (unpaired) electrons. The number of rotatable bonds is 4. The van der Waals surface area contributed by atoms with Gasteiger partial charge in [0.25, 0.3) is 5.91 Å². The number of carbonyl (C=O) groups excluding carboxylic acids is 1. The predicted molar refractivity (Wildman–Crippen MR) is 82.3 cm³/mol. The van der Waals surface area contributed by atoms with Crippen molar-refractivity contribution in [1.82, 2.24) is 15.0 Å². The molecule has 0 saturated carbocycles. The maximum Gasteiger partial charge on any atom is 0.292 e. The Morgan fingerprint density at radius 3 is 2.86 bits per heavy atom. The highest BCUT2D eigenvalue weighted by molar-refractivity contribution is 5.91. The van der Waals surface area contributed by atoms with Gasteiger partial charge in [0.15, 0.2) is 0 Å². The van der Waals surface area contributed by atoms with Crippen molar-refractivity contribution in [2.24, 2.45) is 5.92 Å². The van der Waals surface area contributed by atoms with Gasteiger partial charge in [0.05, 0.1) is 5.69 Å². The van der Waals surface area contributed by atoms with Gasteiger partial charge in [-0.05, 0) is 45.7 Å². The molecular weight excluding hydrogens is 266 g/mol. The van der Waals surface area contributed by atoms with Crippen LogP contribution in [0.4, 0.5) is 0 Å². The molecule has 2 heterocycles. The molecule has 1 aromatic heterocycles. The van der Waals surface area contributed by atoms with Crippen molar-refractivity contribution in [3.63, 3.8) is 0 Å². The quantitative estimate of drug-likeness (QED) is 0.855. The van der Waals surface area contributed by atoms with Crippen LogP contribution in [0.3, 0.4) is 0 Å². The molecule has 5 nitrogen and oxygen atoms in total. The van der Waals surface area contributed by atoms with Gasteiger partial charge in [-0.15, -0.1) is 0 Å². The average Bonchev–Trinajstić information content (AvgIpc) is 2.73. The highest BCUT2D eigenvalue weighted by atomic mass is 16.5. The SMILES string of the molecule is CC(C)Cc1cc(C(=O)N2CCC[C@@H](N(C)C)CC2)on1. The van der Waals surface area contributed by atoms with Crippen molar-refractivity contribution in [3.8, 4) is 0 Å². The summed E-state index contributed by atoms with van der Waals surface area (Å²) in [7, 11) is 4.22. The second-order valence-electron chi connectivity index (χ2n) is 6.62. The van der Waals surface area contributed by atoms with Crippen molar-refractivity contribution < 1.29 is 9.32 Å². The first-order valence-corrected chi connectivity index (χ1v) is 7.88. The van der Waals surface area contributed by atoms with E-state index in [0.717, 1.165) is 44.5 Å². The molecule has 1 atom stereocenters. The van der Waals surface area contributed by atoms with Crippen LogP contribution in [0.2, 0.25) is 0 Å². The number of hydrogen-bond acceptors (Lipinski definition) is 4. The smallest absolute Gasteiger partial charge is 0.292 e. The molecule has 1 aliphatic heterocycles. The molecule has 1 fully saturated rings. The lowest BCUT2D eigenvalue weighted by Gasteiger charge is -2.22. The molecular formula is C16H27N3O2. The lowest BCUT2D eigenvalue weighted by Crippen LogP contribution is -2.33. The highest BCUT2D eigenvalue weighted by Gasteiger charge is 2.25. The molecule has 0 aliphatic carbocycles. The van der Waals surface area contributed by atoms with E-state index in [9.17, 15) is 4.79 Å². The summed E-state index contributed by atoms with van der Waals surface area (Å²) in [5.41, 5.74) is 0.870. The molecule has 0 N–H and O–H groups in total. The summed E-state index contributed by atoms with van der Waals surface area (Å²) in [6.45, 7) is 5.87. The zero-order valence-corrected chi connectivity index (χ0v) is 13.6. The minimum Gasteiger partial charge on any atom is -0.351 e. The minimum atomic E-state index is -0.0167. The maximum atomic E-state index is 12.5. The normalized spacial score (nSPS) is 20.1. The number of aromatic nitrogens is 1. The standard InChI is InChI=1S/C16H27N3O2/c1-12(2)10-13-11-15(21-17-13)16(20)19-8-5-6-14(7-9-19)18(3)4/h11-12,14H,5-10H2,1-4H3/t14-/m1/s1. The summed E-state index contributed by atoms with van der Waals surface area (Å²) in [5, 5.41) is 4.01. The average molecular weight is 293 g/mol. The van der Waals surface area contributed by atoms with Crippen LogP contribution < -0.4 is 0 Å². The van der Waals surface area contributed by atoms with Gasteiger partial charge >= 0.3 is 0 Å². The van der Waals surface area contributed by atoms with Crippen LogP contribution in [0.1, 0.15) is 49.4 Å². The van der Waals surface area contributed by atoms with Crippen LogP contribution in [0, 0.1) is 5.92 Å². The first-order valence-electron chi connectivity index (χ1n) is 7.88. The third-order valence-corrected chi connectivity index (χ3v) is 4.10. The second-order valence-corrected chi connectivity index (χ2v) is 6.62. The van der Waals surface area contributed by atoms with Gasteiger partial charge in [0.1, 0.15) is 0 Å². The fourth-order valence-corrected chi connectivity index (χ4v) is 2.88. The second kappa shape index (κ2) is 7.07. The summed E-state index contributed by atoms with van der Waals surface area (Å²) in [5.74, 6) is 0.878. The van der Waals surface area contributed by atoms with Crippen molar-refractivity contribution in [3.05, 3.63) is 17.5 Å². The molecule has 0 spiro atoms. The Bertz CT molecular complexity index is 468. The van der Waals surface area contributed by atoms with Gasteiger partial charge in [0.2, 0.25) is 5.76 Å². The lowest BCUT2D eigenvalue weighted by atomic mass is 10.1. The summed E-state index contributed by atoms with van der Waals surface area (Å²) < 4.78 is 5.24. The van der Waals surface area contributed by atoms with Crippen LogP contribution in [0.25, 0.3) is 0 Å². The van der Waals surface area contributed by atoms with Crippen molar-refractivity contribution in [2.75, 3.05) is 27.2 Å². The molecule has 1 amide bonds. The van der Waals surface area contributed by atoms with Crippen LogP contribution >= 0.6 is 0 Å². The minimum absolute atomic E-state index is 0.0167. The van der Waals surface area contributed by atoms with Gasteiger partial charge in [-0.1, -0.05) is 19.0 Å². The summed E-state index contributed by atoms with van der Waals surface area (Å²) in [6.07, 6.45) is 4.05. The third-order valence-electron chi connectivity index (χ3n) is 4.10. The van der Waals surface area contributed by atoms with E-state index in [-0.39, 0.29) is 5.91 Å². The molecule has 1 saturated heterocycles. The van der Waals surface area contributed by atoms with E-state index < -0.39 is 0 Å². The van der Waals surface area contributed by atoms with E-state index in [0.29, 0.717) is 17.7 Å². The fraction of sp³-hybridized carbons (Fsp3) is 0.750. The van der Waals surface area contributed by atoms with E-state index in [4.69, 9.17) is 4.52 Å². The molecule has 0 unspecified atom stereocenters. The predicted octanol–water partition coefficient (Wildman–Crippen LogP) is 2.43. The monoisotopic (exact) mass is 293 g/mol. The van der Waals surface area contributed by atoms with E-state index in [1.165, 1.54) is 0 Å². The van der Waals surface area contributed by atoms with E-state index >= 15 is 0 Å². The van der Waals surface area contributed by atoms with Crippen LogP contribution in [0.5, 0.6) is 0 Å².